The quantitative estimate of drug-likeness (QED) is 0.153. The third-order valence-corrected chi connectivity index (χ3v) is 20.9. The second-order valence-electron chi connectivity index (χ2n) is 31.1. The lowest BCUT2D eigenvalue weighted by atomic mass is 9.60. The van der Waals surface area contributed by atoms with Crippen molar-refractivity contribution in [2.45, 2.75) is 299 Å². The van der Waals surface area contributed by atoms with Gasteiger partial charge in [0.1, 0.15) is 0 Å². The van der Waals surface area contributed by atoms with Crippen LogP contribution in [0.15, 0.2) is 97.1 Å². The SMILES string of the molecule is CC(C)CC(C)C.CC(c1ccccc1)C(C)c1ccccc1.CC1CCCCC1C.CCC1(C)CC(C)CC(C)(C)C1.CCCCN1CCN(CCCC)CC1.CCO.C[C@@H]1CCCC[C@@H]1C.C[C@@H]1CCCC[C@H]1C.Cc1cccc2cccc(C)c12. The molecule has 4 aromatic rings. The molecule has 9 rings (SSSR count). The molecule has 4 aliphatic carbocycles. The fourth-order valence-corrected chi connectivity index (χ4v) is 14.7. The predicted molar refractivity (Wildman–Crippen MR) is 398 cm³/mol. The zero-order chi connectivity index (χ0) is 66.1. The first-order valence-electron chi connectivity index (χ1n) is 37.4. The molecule has 0 spiro atoms. The molecule has 3 nitrogen and oxygen atoms in total. The van der Waals surface area contributed by atoms with Crippen molar-refractivity contribution in [1.29, 1.82) is 0 Å². The highest BCUT2D eigenvalue weighted by atomic mass is 16.2. The Kier molecular flexibility index (Phi) is 45.1. The first kappa shape index (κ1) is 83.0. The number of aryl methyl sites for hydroxylation is 2. The van der Waals surface area contributed by atoms with Crippen LogP contribution in [-0.2, 0) is 0 Å². The lowest BCUT2D eigenvalue weighted by Gasteiger charge is -2.45. The number of rotatable bonds is 12. The van der Waals surface area contributed by atoms with Crippen LogP contribution in [0.25, 0.3) is 10.8 Å². The number of nitrogens with zero attached hydrogens (tertiary/aromatic N) is 2. The lowest BCUT2D eigenvalue weighted by Crippen LogP contribution is -2.46. The van der Waals surface area contributed by atoms with Gasteiger partial charge in [0, 0.05) is 32.8 Å². The van der Waals surface area contributed by atoms with Gasteiger partial charge in [-0.15, -0.1) is 0 Å². The van der Waals surface area contributed by atoms with E-state index in [4.69, 9.17) is 5.11 Å². The van der Waals surface area contributed by atoms with Gasteiger partial charge in [0.25, 0.3) is 0 Å². The second-order valence-corrected chi connectivity index (χ2v) is 31.1. The van der Waals surface area contributed by atoms with E-state index in [0.29, 0.717) is 22.7 Å². The van der Waals surface area contributed by atoms with Crippen molar-refractivity contribution in [3.8, 4) is 0 Å². The van der Waals surface area contributed by atoms with Crippen molar-refractivity contribution in [2.75, 3.05) is 45.9 Å². The molecule has 10 atom stereocenters. The molecule has 0 radical (unpaired) electrons. The van der Waals surface area contributed by atoms with Gasteiger partial charge in [0.15, 0.2) is 0 Å². The molecule has 4 saturated carbocycles. The summed E-state index contributed by atoms with van der Waals surface area (Å²) in [5, 5.41) is 10.3. The van der Waals surface area contributed by atoms with Gasteiger partial charge in [-0.05, 0) is 181 Å². The van der Waals surface area contributed by atoms with Gasteiger partial charge >= 0.3 is 0 Å². The number of aliphatic hydroxyl groups excluding tert-OH is 1. The molecule has 1 saturated heterocycles. The molecule has 0 amide bonds. The van der Waals surface area contributed by atoms with Crippen molar-refractivity contribution < 1.29 is 5.11 Å². The van der Waals surface area contributed by atoms with E-state index in [1.54, 1.807) is 6.92 Å². The number of piperazine rings is 1. The molecule has 1 heterocycles. The van der Waals surface area contributed by atoms with Crippen molar-refractivity contribution >= 4 is 10.8 Å². The van der Waals surface area contributed by atoms with Crippen LogP contribution in [0.1, 0.15) is 307 Å². The highest BCUT2D eigenvalue weighted by Gasteiger charge is 2.38. The fraction of sp³-hybridized carbons (Fsp3) is 0.741. The van der Waals surface area contributed by atoms with Crippen LogP contribution in [0, 0.1) is 77.9 Å². The molecular formula is C85H150N2O. The van der Waals surface area contributed by atoms with Gasteiger partial charge in [-0.3, -0.25) is 0 Å². The summed E-state index contributed by atoms with van der Waals surface area (Å²) in [6.45, 7) is 58.6. The van der Waals surface area contributed by atoms with Crippen LogP contribution in [0.2, 0.25) is 0 Å². The maximum atomic E-state index is 7.57. The third kappa shape index (κ3) is 36.9. The molecular weight excluding hydrogens is 1060 g/mol. The zero-order valence-electron chi connectivity index (χ0n) is 62.7. The Morgan fingerprint density at radius 2 is 0.773 bits per heavy atom. The summed E-state index contributed by atoms with van der Waals surface area (Å²) < 4.78 is 0. The molecule has 6 unspecified atom stereocenters. The minimum absolute atomic E-state index is 0.250. The van der Waals surface area contributed by atoms with Gasteiger partial charge in [-0.1, -0.05) is 325 Å². The van der Waals surface area contributed by atoms with Crippen LogP contribution in [0.5, 0.6) is 0 Å². The van der Waals surface area contributed by atoms with Crippen LogP contribution in [0.3, 0.4) is 0 Å². The van der Waals surface area contributed by atoms with E-state index >= 15 is 0 Å². The van der Waals surface area contributed by atoms with Gasteiger partial charge in [-0.2, -0.15) is 0 Å². The zero-order valence-corrected chi connectivity index (χ0v) is 62.7. The molecule has 0 bridgehead atoms. The maximum Gasteiger partial charge on any atom is 0.0402 e. The Morgan fingerprint density at radius 3 is 1.01 bits per heavy atom. The minimum atomic E-state index is 0.250. The lowest BCUT2D eigenvalue weighted by molar-refractivity contribution is 0.0581. The van der Waals surface area contributed by atoms with E-state index in [9.17, 15) is 0 Å². The van der Waals surface area contributed by atoms with Gasteiger partial charge in [-0.25, -0.2) is 0 Å². The number of fused-ring (bicyclic) bond motifs is 1. The molecule has 88 heavy (non-hydrogen) atoms. The Bertz CT molecular complexity index is 2040. The van der Waals surface area contributed by atoms with E-state index in [1.165, 1.54) is 207 Å². The summed E-state index contributed by atoms with van der Waals surface area (Å²) in [7, 11) is 0. The molecule has 5 fully saturated rings. The van der Waals surface area contributed by atoms with Crippen LogP contribution >= 0.6 is 0 Å². The van der Waals surface area contributed by atoms with E-state index in [1.807, 2.05) is 0 Å². The predicted octanol–water partition coefficient (Wildman–Crippen LogP) is 25.7. The van der Waals surface area contributed by atoms with E-state index in [0.717, 1.165) is 53.3 Å². The third-order valence-electron chi connectivity index (χ3n) is 20.9. The first-order valence-corrected chi connectivity index (χ1v) is 37.4. The molecule has 1 N–H and O–H groups in total. The summed E-state index contributed by atoms with van der Waals surface area (Å²) in [5.74, 6) is 9.82. The second kappa shape index (κ2) is 47.8. The van der Waals surface area contributed by atoms with Crippen LogP contribution in [-0.4, -0.2) is 60.8 Å². The molecule has 5 aliphatic rings. The summed E-state index contributed by atoms with van der Waals surface area (Å²) in [4.78, 5) is 5.23. The minimum Gasteiger partial charge on any atom is -0.397 e. The highest BCUT2D eigenvalue weighted by molar-refractivity contribution is 5.88. The normalized spacial score (nSPS) is 24.8. The average Bonchev–Trinajstić information content (AvgIpc) is 2.36. The molecule has 4 aromatic carbocycles. The standard InChI is InChI=1S/C16H18.C12H26N2.C12H12.C12H24.3C8H16.C7H16.C2H6O/c1-13(15-9-5-3-6-10-15)14(2)16-11-7-4-8-12-16;1-3-5-7-13-9-11-14(12-10-13)8-6-4-2;1-9-5-3-7-11-8-4-6-10(2)12(9)11;1-6-12(5)8-10(2)7-11(3,4)9-12;3*1-7-5-3-4-6-8(7)2;1-6(2)5-7(3)4;1-2-3/h3-14H,1-2H3;3-12H2,1-2H3;3-8H,1-2H3;10H,6-9H2,1-5H3;3*7-8H,3-6H2,1-2H3;6-7H,5H2,1-4H3;3H,2H2,1H3/t;;;;7-,8+;7-,8-;;;/m.....1.../s1. The van der Waals surface area contributed by atoms with Crippen molar-refractivity contribution in [3.05, 3.63) is 119 Å². The van der Waals surface area contributed by atoms with Crippen molar-refractivity contribution in [2.24, 2.45) is 64.1 Å². The molecule has 0 aromatic heterocycles. The largest absolute Gasteiger partial charge is 0.397 e. The number of hydrogen-bond acceptors (Lipinski definition) is 3. The number of benzene rings is 4. The topological polar surface area (TPSA) is 26.7 Å². The summed E-state index contributed by atoms with van der Waals surface area (Å²) in [6, 6.07) is 34.3. The van der Waals surface area contributed by atoms with Gasteiger partial charge in [0.05, 0.1) is 0 Å². The highest BCUT2D eigenvalue weighted by Crippen LogP contribution is 2.50. The van der Waals surface area contributed by atoms with Crippen molar-refractivity contribution in [3.63, 3.8) is 0 Å². The molecule has 1 aliphatic heterocycles. The Labute approximate surface area is 551 Å². The summed E-state index contributed by atoms with van der Waals surface area (Å²) in [6.07, 6.45) is 30.1. The Morgan fingerprint density at radius 1 is 0.455 bits per heavy atom. The molecule has 506 valence electrons. The summed E-state index contributed by atoms with van der Waals surface area (Å²) >= 11 is 0. The first-order chi connectivity index (χ1) is 41.8. The maximum absolute atomic E-state index is 7.57. The number of hydrogen-bond donors (Lipinski definition) is 1. The summed E-state index contributed by atoms with van der Waals surface area (Å²) in [5.41, 5.74) is 6.78. The van der Waals surface area contributed by atoms with Crippen LogP contribution < -0.4 is 0 Å². The van der Waals surface area contributed by atoms with Gasteiger partial charge in [0.2, 0.25) is 0 Å². The van der Waals surface area contributed by atoms with E-state index in [2.05, 4.69) is 252 Å². The van der Waals surface area contributed by atoms with E-state index in [-0.39, 0.29) is 6.61 Å². The van der Waals surface area contributed by atoms with Crippen molar-refractivity contribution in [1.82, 2.24) is 9.80 Å². The van der Waals surface area contributed by atoms with Crippen LogP contribution in [0.4, 0.5) is 0 Å². The number of aliphatic hydroxyl groups is 1. The van der Waals surface area contributed by atoms with Gasteiger partial charge < -0.3 is 14.9 Å². The smallest absolute Gasteiger partial charge is 0.0402 e. The Balaban J connectivity index is 0.000000507. The fourth-order valence-electron chi connectivity index (χ4n) is 14.7. The van der Waals surface area contributed by atoms with E-state index < -0.39 is 0 Å². The molecule has 3 heteroatoms. The average molecular weight is 1220 g/mol. The Hall–Kier alpha value is -2.98. The number of unbranched alkanes of at least 4 members (excludes halogenated alkanes) is 2. The monoisotopic (exact) mass is 1220 g/mol.